The third kappa shape index (κ3) is 3.20. The number of aliphatic hydroxyl groups is 1. The van der Waals surface area contributed by atoms with Crippen molar-refractivity contribution in [1.29, 1.82) is 0 Å². The van der Waals surface area contributed by atoms with E-state index < -0.39 is 5.60 Å². The Morgan fingerprint density at radius 2 is 2.18 bits per heavy atom. The normalized spacial score (nSPS) is 32.1. The first-order valence-corrected chi connectivity index (χ1v) is 6.12. The van der Waals surface area contributed by atoms with Crippen LogP contribution in [0, 0.1) is 29.6 Å². The summed E-state index contributed by atoms with van der Waals surface area (Å²) in [6.45, 7) is 7.86. The molecule has 0 aliphatic heterocycles. The van der Waals surface area contributed by atoms with Crippen molar-refractivity contribution in [3.8, 4) is 12.3 Å². The van der Waals surface area contributed by atoms with Crippen molar-refractivity contribution in [1.82, 2.24) is 0 Å². The molecule has 0 heterocycles. The Morgan fingerprint density at radius 1 is 1.59 bits per heavy atom. The van der Waals surface area contributed by atoms with Crippen LogP contribution in [0.1, 0.15) is 40.5 Å². The average molecular weight is 234 g/mol. The quantitative estimate of drug-likeness (QED) is 0.589. The number of hydrogen-bond acceptors (Lipinski definition) is 2. The van der Waals surface area contributed by atoms with E-state index in [0.29, 0.717) is 12.2 Å². The lowest BCUT2D eigenvalue weighted by atomic mass is 9.63. The zero-order valence-corrected chi connectivity index (χ0v) is 11.2. The van der Waals surface area contributed by atoms with Crippen molar-refractivity contribution in [2.45, 2.75) is 46.1 Å². The molecule has 17 heavy (non-hydrogen) atoms. The van der Waals surface area contributed by atoms with Gasteiger partial charge in [0.2, 0.25) is 0 Å². The van der Waals surface area contributed by atoms with Gasteiger partial charge >= 0.3 is 0 Å². The van der Waals surface area contributed by atoms with Crippen molar-refractivity contribution >= 4 is 5.78 Å². The van der Waals surface area contributed by atoms with E-state index in [4.69, 9.17) is 6.42 Å². The fourth-order valence-electron chi connectivity index (χ4n) is 2.48. The molecule has 1 fully saturated rings. The molecule has 0 aromatic carbocycles. The molecule has 3 atom stereocenters. The van der Waals surface area contributed by atoms with Crippen LogP contribution in [0.3, 0.4) is 0 Å². The summed E-state index contributed by atoms with van der Waals surface area (Å²) in [5.74, 6) is 2.77. The van der Waals surface area contributed by atoms with Crippen molar-refractivity contribution in [3.05, 3.63) is 12.2 Å². The highest BCUT2D eigenvalue weighted by Gasteiger charge is 2.39. The number of carbonyl (C=O) groups excluding carboxylic acids is 1. The van der Waals surface area contributed by atoms with Crippen LogP contribution in [0.2, 0.25) is 0 Å². The summed E-state index contributed by atoms with van der Waals surface area (Å²) in [6, 6.07) is 0. The Morgan fingerprint density at radius 3 is 2.71 bits per heavy atom. The SMILES string of the molecule is C#CC(C)(O)/C=C/C1C(C)C(=O)CCC1(C)C. The zero-order valence-electron chi connectivity index (χ0n) is 11.2. The fourth-order valence-corrected chi connectivity index (χ4v) is 2.48. The third-order valence-corrected chi connectivity index (χ3v) is 3.88. The Balaban J connectivity index is 2.93. The zero-order chi connectivity index (χ0) is 13.3. The van der Waals surface area contributed by atoms with Gasteiger partial charge in [0.25, 0.3) is 0 Å². The van der Waals surface area contributed by atoms with Gasteiger partial charge in [-0.1, -0.05) is 32.8 Å². The van der Waals surface area contributed by atoms with Crippen molar-refractivity contribution < 1.29 is 9.90 Å². The molecule has 0 bridgehead atoms. The van der Waals surface area contributed by atoms with Gasteiger partial charge in [0.1, 0.15) is 11.4 Å². The summed E-state index contributed by atoms with van der Waals surface area (Å²) in [5.41, 5.74) is -1.15. The molecule has 0 aromatic heterocycles. The van der Waals surface area contributed by atoms with Gasteiger partial charge in [-0.2, -0.15) is 0 Å². The van der Waals surface area contributed by atoms with Crippen LogP contribution >= 0.6 is 0 Å². The predicted octanol–water partition coefficient (Wildman–Crippen LogP) is 2.57. The highest BCUT2D eigenvalue weighted by Crippen LogP contribution is 2.43. The lowest BCUT2D eigenvalue weighted by molar-refractivity contribution is -0.128. The van der Waals surface area contributed by atoms with E-state index in [0.717, 1.165) is 6.42 Å². The van der Waals surface area contributed by atoms with Crippen LogP contribution in [0.25, 0.3) is 0 Å². The highest BCUT2D eigenvalue weighted by atomic mass is 16.3. The minimum Gasteiger partial charge on any atom is -0.374 e. The third-order valence-electron chi connectivity index (χ3n) is 3.88. The molecule has 1 rings (SSSR count). The van der Waals surface area contributed by atoms with Gasteiger partial charge in [0.05, 0.1) is 0 Å². The van der Waals surface area contributed by atoms with Crippen molar-refractivity contribution in [3.63, 3.8) is 0 Å². The molecule has 0 spiro atoms. The van der Waals surface area contributed by atoms with Crippen molar-refractivity contribution in [2.24, 2.45) is 17.3 Å². The van der Waals surface area contributed by atoms with Crippen LogP contribution in [0.4, 0.5) is 0 Å². The summed E-state index contributed by atoms with van der Waals surface area (Å²) >= 11 is 0. The van der Waals surface area contributed by atoms with Crippen LogP contribution < -0.4 is 0 Å². The molecule has 0 radical (unpaired) electrons. The number of allylic oxidation sites excluding steroid dienone is 1. The Bertz CT molecular complexity index is 369. The second-order valence-corrected chi connectivity index (χ2v) is 5.92. The van der Waals surface area contributed by atoms with Crippen LogP contribution in [0.5, 0.6) is 0 Å². The van der Waals surface area contributed by atoms with Crippen molar-refractivity contribution in [2.75, 3.05) is 0 Å². The van der Waals surface area contributed by atoms with E-state index in [1.54, 1.807) is 13.0 Å². The summed E-state index contributed by atoms with van der Waals surface area (Å²) in [4.78, 5) is 11.7. The molecule has 2 nitrogen and oxygen atoms in total. The maximum Gasteiger partial charge on any atom is 0.141 e. The monoisotopic (exact) mass is 234 g/mol. The second-order valence-electron chi connectivity index (χ2n) is 5.92. The van der Waals surface area contributed by atoms with Gasteiger partial charge in [0, 0.05) is 12.3 Å². The molecule has 1 N–H and O–H groups in total. The van der Waals surface area contributed by atoms with E-state index in [1.807, 2.05) is 13.0 Å². The number of carbonyl (C=O) groups is 1. The second kappa shape index (κ2) is 4.66. The molecule has 94 valence electrons. The maximum absolute atomic E-state index is 11.7. The minimum atomic E-state index is -1.23. The van der Waals surface area contributed by atoms with Gasteiger partial charge < -0.3 is 5.11 Å². The molecular formula is C15H22O2. The number of Topliss-reactive ketones (excluding diaryl/α,β-unsaturated/α-hetero) is 1. The molecule has 1 saturated carbocycles. The predicted molar refractivity (Wildman–Crippen MR) is 69.3 cm³/mol. The first-order chi connectivity index (χ1) is 7.69. The topological polar surface area (TPSA) is 37.3 Å². The summed E-state index contributed by atoms with van der Waals surface area (Å²) in [6.07, 6.45) is 10.3. The van der Waals surface area contributed by atoms with E-state index in [9.17, 15) is 9.90 Å². The largest absolute Gasteiger partial charge is 0.374 e. The Kier molecular flexibility index (Phi) is 3.84. The standard InChI is InChI=1S/C15H22O2/c1-6-15(5,17)10-7-12-11(2)13(16)8-9-14(12,3)4/h1,7,10-12,17H,8-9H2,2-5H3/b10-7+. The summed E-state index contributed by atoms with van der Waals surface area (Å²) in [7, 11) is 0. The lowest BCUT2D eigenvalue weighted by Crippen LogP contribution is -2.38. The van der Waals surface area contributed by atoms with E-state index >= 15 is 0 Å². The lowest BCUT2D eigenvalue weighted by Gasteiger charge is -2.40. The molecule has 0 aromatic rings. The molecule has 1 aliphatic rings. The maximum atomic E-state index is 11.7. The first-order valence-electron chi connectivity index (χ1n) is 6.12. The molecule has 0 saturated heterocycles. The smallest absolute Gasteiger partial charge is 0.141 e. The van der Waals surface area contributed by atoms with Crippen LogP contribution in [0.15, 0.2) is 12.2 Å². The average Bonchev–Trinajstić information content (AvgIpc) is 2.24. The fraction of sp³-hybridized carbons (Fsp3) is 0.667. The molecular weight excluding hydrogens is 212 g/mol. The van der Waals surface area contributed by atoms with E-state index in [1.165, 1.54) is 0 Å². The Hall–Kier alpha value is -1.07. The van der Waals surface area contributed by atoms with Crippen LogP contribution in [-0.2, 0) is 4.79 Å². The van der Waals surface area contributed by atoms with Gasteiger partial charge in [-0.25, -0.2) is 0 Å². The molecule has 3 unspecified atom stereocenters. The summed E-state index contributed by atoms with van der Waals surface area (Å²) in [5, 5.41) is 9.77. The number of ketones is 1. The van der Waals surface area contributed by atoms with E-state index in [2.05, 4.69) is 19.8 Å². The van der Waals surface area contributed by atoms with Gasteiger partial charge in [-0.05, 0) is 30.8 Å². The Labute approximate surface area is 104 Å². The van der Waals surface area contributed by atoms with Crippen LogP contribution in [-0.4, -0.2) is 16.5 Å². The van der Waals surface area contributed by atoms with E-state index in [-0.39, 0.29) is 17.3 Å². The highest BCUT2D eigenvalue weighted by molar-refractivity contribution is 5.82. The number of terminal acetylenes is 1. The molecule has 0 amide bonds. The number of rotatable bonds is 2. The van der Waals surface area contributed by atoms with Gasteiger partial charge in [-0.3, -0.25) is 4.79 Å². The summed E-state index contributed by atoms with van der Waals surface area (Å²) < 4.78 is 0. The van der Waals surface area contributed by atoms with Gasteiger partial charge in [-0.15, -0.1) is 6.42 Å². The molecule has 2 heteroatoms. The molecule has 1 aliphatic carbocycles. The first kappa shape index (κ1) is 14.0. The minimum absolute atomic E-state index is 0.00331. The van der Waals surface area contributed by atoms with Gasteiger partial charge in [0.15, 0.2) is 0 Å². The number of hydrogen-bond donors (Lipinski definition) is 1.